The van der Waals surface area contributed by atoms with Gasteiger partial charge in [0.25, 0.3) is 11.8 Å². The van der Waals surface area contributed by atoms with E-state index in [9.17, 15) is 18.3 Å². The van der Waals surface area contributed by atoms with Crippen LogP contribution in [-0.2, 0) is 16.1 Å². The number of imide groups is 1. The molecule has 4 aliphatic rings. The van der Waals surface area contributed by atoms with E-state index in [0.717, 1.165) is 37.4 Å². The van der Waals surface area contributed by atoms with Crippen molar-refractivity contribution in [1.29, 1.82) is 0 Å². The first-order valence-electron chi connectivity index (χ1n) is 9.62. The Kier molecular flexibility index (Phi) is 4.31. The van der Waals surface area contributed by atoms with Gasteiger partial charge in [-0.1, -0.05) is 6.07 Å². The molecule has 4 aliphatic heterocycles. The van der Waals surface area contributed by atoms with Crippen molar-refractivity contribution in [1.82, 2.24) is 14.5 Å². The highest BCUT2D eigenvalue weighted by Crippen LogP contribution is 2.38. The van der Waals surface area contributed by atoms with Crippen LogP contribution in [-0.4, -0.2) is 59.1 Å². The standard InChI is InChI=1S/C19H21FN4O3S/c20-28-24-17(25)5-4-16(19(24)27)23-10-14-13(18(23)26)2-1-3-15(14)22-8-11-6-21-7-12(11)9-22/h1-3,11-12,16,21H,4-10H2/t11-,12+,16?. The van der Waals surface area contributed by atoms with E-state index < -0.39 is 17.9 Å². The lowest BCUT2D eigenvalue weighted by Gasteiger charge is -2.33. The molecule has 4 heterocycles. The largest absolute Gasteiger partial charge is 0.371 e. The Labute approximate surface area is 166 Å². The summed E-state index contributed by atoms with van der Waals surface area (Å²) in [5.41, 5.74) is 2.60. The minimum atomic E-state index is -0.796. The molecule has 1 aromatic carbocycles. The molecule has 3 saturated heterocycles. The molecule has 0 radical (unpaired) electrons. The normalized spacial score (nSPS) is 29.7. The van der Waals surface area contributed by atoms with Gasteiger partial charge in [-0.25, -0.2) is 0 Å². The van der Waals surface area contributed by atoms with Gasteiger partial charge in [0.1, 0.15) is 6.04 Å². The van der Waals surface area contributed by atoms with Gasteiger partial charge in [-0.15, -0.1) is 3.89 Å². The lowest BCUT2D eigenvalue weighted by Crippen LogP contribution is -2.51. The number of piperidine rings is 1. The summed E-state index contributed by atoms with van der Waals surface area (Å²) in [5.74, 6) is -0.145. The van der Waals surface area contributed by atoms with Crippen LogP contribution in [0.25, 0.3) is 0 Å². The summed E-state index contributed by atoms with van der Waals surface area (Å²) in [6.07, 6.45) is 0.298. The monoisotopic (exact) mass is 404 g/mol. The molecule has 148 valence electrons. The number of anilines is 1. The number of rotatable bonds is 3. The van der Waals surface area contributed by atoms with Gasteiger partial charge in [0, 0.05) is 56.0 Å². The summed E-state index contributed by atoms with van der Waals surface area (Å²) < 4.78 is 13.6. The van der Waals surface area contributed by atoms with Crippen LogP contribution in [0.2, 0.25) is 0 Å². The van der Waals surface area contributed by atoms with Crippen molar-refractivity contribution in [2.24, 2.45) is 11.8 Å². The second-order valence-electron chi connectivity index (χ2n) is 7.97. The van der Waals surface area contributed by atoms with Crippen LogP contribution < -0.4 is 10.2 Å². The fourth-order valence-electron chi connectivity index (χ4n) is 5.04. The molecule has 5 rings (SSSR count). The average molecular weight is 404 g/mol. The molecule has 3 atom stereocenters. The number of hydrogen-bond acceptors (Lipinski definition) is 6. The number of nitrogens with one attached hydrogen (secondary N) is 1. The molecule has 28 heavy (non-hydrogen) atoms. The van der Waals surface area contributed by atoms with Crippen LogP contribution in [0.1, 0.15) is 28.8 Å². The van der Waals surface area contributed by atoms with Gasteiger partial charge in [0.2, 0.25) is 5.91 Å². The first-order chi connectivity index (χ1) is 13.6. The zero-order valence-electron chi connectivity index (χ0n) is 15.3. The second-order valence-corrected chi connectivity index (χ2v) is 8.47. The maximum atomic E-state index is 13.1. The molecule has 0 aliphatic carbocycles. The van der Waals surface area contributed by atoms with Crippen molar-refractivity contribution in [2.75, 3.05) is 31.1 Å². The van der Waals surface area contributed by atoms with Gasteiger partial charge in [-0.05, 0) is 30.4 Å². The highest BCUT2D eigenvalue weighted by molar-refractivity contribution is 7.93. The number of amides is 3. The number of nitrogens with zero attached hydrogens (tertiary/aromatic N) is 3. The van der Waals surface area contributed by atoms with E-state index in [-0.39, 0.29) is 31.1 Å². The van der Waals surface area contributed by atoms with E-state index in [4.69, 9.17) is 0 Å². The van der Waals surface area contributed by atoms with Crippen molar-refractivity contribution in [3.8, 4) is 0 Å². The molecule has 1 aromatic rings. The Hall–Kier alpha value is -2.13. The van der Waals surface area contributed by atoms with Crippen LogP contribution in [0, 0.1) is 11.8 Å². The zero-order valence-corrected chi connectivity index (χ0v) is 16.1. The maximum Gasteiger partial charge on any atom is 0.264 e. The quantitative estimate of drug-likeness (QED) is 0.606. The van der Waals surface area contributed by atoms with E-state index in [1.54, 1.807) is 6.07 Å². The van der Waals surface area contributed by atoms with Gasteiger partial charge in [-0.3, -0.25) is 14.4 Å². The van der Waals surface area contributed by atoms with Crippen molar-refractivity contribution in [3.63, 3.8) is 0 Å². The Balaban J connectivity index is 1.42. The number of carbonyl (C=O) groups is 3. The minimum Gasteiger partial charge on any atom is -0.371 e. The highest BCUT2D eigenvalue weighted by Gasteiger charge is 2.45. The third-order valence-electron chi connectivity index (χ3n) is 6.49. The van der Waals surface area contributed by atoms with Gasteiger partial charge >= 0.3 is 0 Å². The van der Waals surface area contributed by atoms with Crippen molar-refractivity contribution >= 4 is 35.7 Å². The first-order valence-corrected chi connectivity index (χ1v) is 10.3. The molecule has 3 fully saturated rings. The Morgan fingerprint density at radius 1 is 1.11 bits per heavy atom. The third kappa shape index (κ3) is 2.63. The summed E-state index contributed by atoms with van der Waals surface area (Å²) in [7, 11) is 0. The summed E-state index contributed by atoms with van der Waals surface area (Å²) in [6, 6.07) is 4.92. The Morgan fingerprint density at radius 3 is 2.57 bits per heavy atom. The van der Waals surface area contributed by atoms with Gasteiger partial charge in [-0.2, -0.15) is 4.31 Å². The highest BCUT2D eigenvalue weighted by atomic mass is 32.2. The average Bonchev–Trinajstić information content (AvgIpc) is 3.36. The van der Waals surface area contributed by atoms with Crippen LogP contribution in [0.3, 0.4) is 0 Å². The summed E-state index contributed by atoms with van der Waals surface area (Å²) in [4.78, 5) is 41.2. The minimum absolute atomic E-state index is 0.0583. The molecule has 3 amide bonds. The van der Waals surface area contributed by atoms with E-state index >= 15 is 0 Å². The maximum absolute atomic E-state index is 13.1. The number of halogens is 1. The summed E-state index contributed by atoms with van der Waals surface area (Å²) >= 11 is -0.375. The smallest absolute Gasteiger partial charge is 0.264 e. The van der Waals surface area contributed by atoms with Gasteiger partial charge < -0.3 is 15.1 Å². The van der Waals surface area contributed by atoms with Crippen LogP contribution >= 0.6 is 12.3 Å². The molecular formula is C19H21FN4O3S. The van der Waals surface area contributed by atoms with E-state index in [0.29, 0.717) is 28.2 Å². The molecule has 0 bridgehead atoms. The lowest BCUT2D eigenvalue weighted by molar-refractivity contribution is -0.145. The molecule has 1 N–H and O–H groups in total. The van der Waals surface area contributed by atoms with Crippen molar-refractivity contribution < 1.29 is 18.3 Å². The predicted octanol–water partition coefficient (Wildman–Crippen LogP) is 1.35. The molecule has 0 aromatic heterocycles. The predicted molar refractivity (Wildman–Crippen MR) is 102 cm³/mol. The molecule has 0 spiro atoms. The van der Waals surface area contributed by atoms with E-state index in [2.05, 4.69) is 10.2 Å². The molecular weight excluding hydrogens is 383 g/mol. The fraction of sp³-hybridized carbons (Fsp3) is 0.526. The molecule has 7 nitrogen and oxygen atoms in total. The molecule has 0 saturated carbocycles. The lowest BCUT2D eigenvalue weighted by atomic mass is 10.0. The molecule has 1 unspecified atom stereocenters. The topological polar surface area (TPSA) is 73.0 Å². The zero-order chi connectivity index (χ0) is 19.4. The second kappa shape index (κ2) is 6.73. The number of benzene rings is 1. The summed E-state index contributed by atoms with van der Waals surface area (Å²) in [5, 5.41) is 3.43. The Bertz CT molecular complexity index is 854. The number of carbonyl (C=O) groups excluding carboxylic acids is 3. The summed E-state index contributed by atoms with van der Waals surface area (Å²) in [6.45, 7) is 4.31. The fourth-order valence-corrected chi connectivity index (χ4v) is 5.40. The third-order valence-corrected chi connectivity index (χ3v) is 7.01. The van der Waals surface area contributed by atoms with E-state index in [1.807, 2.05) is 12.1 Å². The van der Waals surface area contributed by atoms with Gasteiger partial charge in [0.15, 0.2) is 12.3 Å². The Morgan fingerprint density at radius 2 is 1.86 bits per heavy atom. The van der Waals surface area contributed by atoms with Crippen LogP contribution in [0.5, 0.6) is 0 Å². The van der Waals surface area contributed by atoms with Crippen molar-refractivity contribution in [2.45, 2.75) is 25.4 Å². The number of fused-ring (bicyclic) bond motifs is 2. The van der Waals surface area contributed by atoms with Crippen LogP contribution in [0.4, 0.5) is 9.57 Å². The van der Waals surface area contributed by atoms with Crippen molar-refractivity contribution in [3.05, 3.63) is 29.3 Å². The van der Waals surface area contributed by atoms with E-state index in [1.165, 1.54) is 4.90 Å². The molecule has 9 heteroatoms. The SMILES string of the molecule is O=C1CCC(N2Cc3c(cccc3N3C[C@H]4CNC[C@H]4C3)C2=O)C(=O)N1SF. The van der Waals surface area contributed by atoms with Gasteiger partial charge in [0.05, 0.1) is 0 Å². The van der Waals surface area contributed by atoms with Crippen LogP contribution in [0.15, 0.2) is 18.2 Å². The first kappa shape index (κ1) is 17.9. The number of hydrogen-bond donors (Lipinski definition) is 1.